The van der Waals surface area contributed by atoms with E-state index in [1.807, 2.05) is 0 Å². The van der Waals surface area contributed by atoms with E-state index in [1.54, 1.807) is 6.07 Å². The van der Waals surface area contributed by atoms with Crippen LogP contribution in [0.15, 0.2) is 28.7 Å². The molecule has 0 unspecified atom stereocenters. The van der Waals surface area contributed by atoms with Gasteiger partial charge in [-0.15, -0.1) is 0 Å². The van der Waals surface area contributed by atoms with Gasteiger partial charge in [0.15, 0.2) is 5.58 Å². The van der Waals surface area contributed by atoms with Gasteiger partial charge in [-0.25, -0.2) is 9.78 Å². The summed E-state index contributed by atoms with van der Waals surface area (Å²) in [5.74, 6) is -1.73. The molecule has 0 aliphatic heterocycles. The van der Waals surface area contributed by atoms with Crippen molar-refractivity contribution in [3.05, 3.63) is 35.7 Å². The van der Waals surface area contributed by atoms with E-state index in [4.69, 9.17) is 9.52 Å². The highest BCUT2D eigenvalue weighted by atomic mass is 19.3. The lowest BCUT2D eigenvalue weighted by molar-refractivity contribution is -0.131. The quantitative estimate of drug-likeness (QED) is 0.836. The van der Waals surface area contributed by atoms with Gasteiger partial charge in [0.05, 0.1) is 0 Å². The minimum atomic E-state index is -2.76. The summed E-state index contributed by atoms with van der Waals surface area (Å²) in [6, 6.07) is 4.51. The van der Waals surface area contributed by atoms with Crippen molar-refractivity contribution in [2.75, 3.05) is 0 Å². The third kappa shape index (κ3) is 2.47. The van der Waals surface area contributed by atoms with Gasteiger partial charge in [-0.1, -0.05) is 6.07 Å². The lowest BCUT2D eigenvalue weighted by Crippen LogP contribution is -1.85. The second-order valence-electron chi connectivity index (χ2n) is 3.25. The van der Waals surface area contributed by atoms with Crippen LogP contribution in [0.5, 0.6) is 0 Å². The number of carbonyl (C=O) groups is 1. The fourth-order valence-corrected chi connectivity index (χ4v) is 1.32. The molecule has 0 saturated carbocycles. The highest BCUT2D eigenvalue weighted by molar-refractivity contribution is 5.86. The maximum absolute atomic E-state index is 12.3. The number of alkyl halides is 2. The third-order valence-electron chi connectivity index (χ3n) is 2.03. The average Bonchev–Trinajstić information content (AvgIpc) is 2.69. The molecule has 0 aliphatic rings. The number of aliphatic carboxylic acids is 1. The molecule has 2 rings (SSSR count). The van der Waals surface area contributed by atoms with E-state index in [9.17, 15) is 13.6 Å². The van der Waals surface area contributed by atoms with Gasteiger partial charge < -0.3 is 9.52 Å². The normalized spacial score (nSPS) is 11.7. The molecule has 0 fully saturated rings. The van der Waals surface area contributed by atoms with Gasteiger partial charge in [0.1, 0.15) is 5.52 Å². The first-order chi connectivity index (χ1) is 8.06. The van der Waals surface area contributed by atoms with E-state index in [1.165, 1.54) is 18.2 Å². The van der Waals surface area contributed by atoms with Gasteiger partial charge in [0.25, 0.3) is 5.89 Å². The first-order valence-electron chi connectivity index (χ1n) is 4.66. The largest absolute Gasteiger partial charge is 0.478 e. The van der Waals surface area contributed by atoms with Crippen LogP contribution in [0.4, 0.5) is 8.78 Å². The molecule has 1 heterocycles. The summed E-state index contributed by atoms with van der Waals surface area (Å²) in [4.78, 5) is 13.9. The number of aromatic nitrogens is 1. The van der Waals surface area contributed by atoms with Gasteiger partial charge in [0, 0.05) is 6.08 Å². The topological polar surface area (TPSA) is 63.3 Å². The van der Waals surface area contributed by atoms with E-state index in [2.05, 4.69) is 4.98 Å². The van der Waals surface area contributed by atoms with Crippen LogP contribution in [0, 0.1) is 0 Å². The van der Waals surface area contributed by atoms with E-state index in [0.717, 1.165) is 6.08 Å². The number of carboxylic acid groups (broad SMARTS) is 1. The van der Waals surface area contributed by atoms with Crippen molar-refractivity contribution in [1.82, 2.24) is 4.98 Å². The number of carboxylic acids is 1. The molecule has 0 spiro atoms. The molecule has 6 heteroatoms. The van der Waals surface area contributed by atoms with Gasteiger partial charge in [-0.3, -0.25) is 0 Å². The molecule has 17 heavy (non-hydrogen) atoms. The van der Waals surface area contributed by atoms with Crippen molar-refractivity contribution in [2.24, 2.45) is 0 Å². The van der Waals surface area contributed by atoms with Crippen LogP contribution in [0.25, 0.3) is 17.2 Å². The zero-order valence-corrected chi connectivity index (χ0v) is 8.43. The molecule has 0 bridgehead atoms. The highest BCUT2D eigenvalue weighted by Gasteiger charge is 2.15. The summed E-state index contributed by atoms with van der Waals surface area (Å²) in [5, 5.41) is 8.44. The first-order valence-corrected chi connectivity index (χ1v) is 4.66. The number of rotatable bonds is 3. The number of halogens is 2. The number of hydrogen-bond acceptors (Lipinski definition) is 3. The Hall–Kier alpha value is -2.24. The lowest BCUT2D eigenvalue weighted by atomic mass is 10.2. The summed E-state index contributed by atoms with van der Waals surface area (Å²) >= 11 is 0. The third-order valence-corrected chi connectivity index (χ3v) is 2.03. The fourth-order valence-electron chi connectivity index (χ4n) is 1.32. The molecule has 4 nitrogen and oxygen atoms in total. The van der Waals surface area contributed by atoms with Crippen molar-refractivity contribution >= 4 is 23.1 Å². The monoisotopic (exact) mass is 239 g/mol. The van der Waals surface area contributed by atoms with E-state index in [-0.39, 0.29) is 5.58 Å². The zero-order valence-electron chi connectivity index (χ0n) is 8.43. The molecule has 1 aromatic carbocycles. The summed E-state index contributed by atoms with van der Waals surface area (Å²) in [6.45, 7) is 0. The van der Waals surface area contributed by atoms with Crippen LogP contribution < -0.4 is 0 Å². The second kappa shape index (κ2) is 4.32. The second-order valence-corrected chi connectivity index (χ2v) is 3.25. The predicted octanol–water partition coefficient (Wildman–Crippen LogP) is 2.86. The summed E-state index contributed by atoms with van der Waals surface area (Å²) in [7, 11) is 0. The summed E-state index contributed by atoms with van der Waals surface area (Å²) in [5.41, 5.74) is 1.05. The Morgan fingerprint density at radius 3 is 2.88 bits per heavy atom. The molecule has 1 aromatic heterocycles. The van der Waals surface area contributed by atoms with Crippen molar-refractivity contribution in [3.63, 3.8) is 0 Å². The van der Waals surface area contributed by atoms with Crippen LogP contribution in [0.2, 0.25) is 0 Å². The Kier molecular flexibility index (Phi) is 2.86. The highest BCUT2D eigenvalue weighted by Crippen LogP contribution is 2.24. The van der Waals surface area contributed by atoms with Crippen LogP contribution in [-0.2, 0) is 4.79 Å². The fraction of sp³-hybridized carbons (Fsp3) is 0.0909. The van der Waals surface area contributed by atoms with Crippen molar-refractivity contribution in [1.29, 1.82) is 0 Å². The van der Waals surface area contributed by atoms with Crippen molar-refractivity contribution in [3.8, 4) is 0 Å². The molecule has 88 valence electrons. The average molecular weight is 239 g/mol. The van der Waals surface area contributed by atoms with Gasteiger partial charge >= 0.3 is 12.4 Å². The number of oxazole rings is 1. The Morgan fingerprint density at radius 2 is 2.24 bits per heavy atom. The Labute approximate surface area is 94.2 Å². The molecule has 2 aromatic rings. The van der Waals surface area contributed by atoms with Gasteiger partial charge in [-0.2, -0.15) is 8.78 Å². The molecule has 0 saturated heterocycles. The molecule has 1 N–H and O–H groups in total. The molecule has 0 aliphatic carbocycles. The predicted molar refractivity (Wildman–Crippen MR) is 55.6 cm³/mol. The van der Waals surface area contributed by atoms with Crippen LogP contribution in [0.3, 0.4) is 0 Å². The van der Waals surface area contributed by atoms with E-state index >= 15 is 0 Å². The summed E-state index contributed by atoms with van der Waals surface area (Å²) in [6.07, 6.45) is -0.474. The lowest BCUT2D eigenvalue weighted by Gasteiger charge is -1.91. The van der Waals surface area contributed by atoms with Crippen molar-refractivity contribution in [2.45, 2.75) is 6.43 Å². The minimum absolute atomic E-state index is 0.202. The number of nitrogens with zero attached hydrogens (tertiary/aromatic N) is 1. The van der Waals surface area contributed by atoms with E-state index in [0.29, 0.717) is 11.1 Å². The van der Waals surface area contributed by atoms with Crippen LogP contribution in [-0.4, -0.2) is 16.1 Å². The standard InChI is InChI=1S/C11H7F2NO3/c12-10(13)11-14-7-3-1-6(2-4-9(15)16)5-8(7)17-11/h1-5,10H,(H,15,16)/b4-2+. The first kappa shape index (κ1) is 11.3. The Bertz CT molecular complexity index is 589. The maximum atomic E-state index is 12.3. The Balaban J connectivity index is 2.40. The smallest absolute Gasteiger partial charge is 0.328 e. The van der Waals surface area contributed by atoms with Gasteiger partial charge in [0.2, 0.25) is 0 Å². The minimum Gasteiger partial charge on any atom is -0.478 e. The van der Waals surface area contributed by atoms with Crippen molar-refractivity contribution < 1.29 is 23.1 Å². The SMILES string of the molecule is O=C(O)/C=C/c1ccc2nc(C(F)F)oc2c1. The zero-order chi connectivity index (χ0) is 12.4. The summed E-state index contributed by atoms with van der Waals surface area (Å²) < 4.78 is 29.5. The van der Waals surface area contributed by atoms with Gasteiger partial charge in [-0.05, 0) is 23.8 Å². The Morgan fingerprint density at radius 1 is 1.47 bits per heavy atom. The molecule has 0 amide bonds. The molecule has 0 atom stereocenters. The molecular weight excluding hydrogens is 232 g/mol. The number of hydrogen-bond donors (Lipinski definition) is 1. The molecule has 0 radical (unpaired) electrons. The van der Waals surface area contributed by atoms with Crippen LogP contribution >= 0.6 is 0 Å². The molecular formula is C11H7F2NO3. The van der Waals surface area contributed by atoms with E-state index < -0.39 is 18.3 Å². The number of benzene rings is 1. The maximum Gasteiger partial charge on any atom is 0.328 e. The number of fused-ring (bicyclic) bond motifs is 1. The van der Waals surface area contributed by atoms with Crippen LogP contribution in [0.1, 0.15) is 17.9 Å².